The Morgan fingerprint density at radius 2 is 1.67 bits per heavy atom. The van der Waals surface area contributed by atoms with E-state index in [9.17, 15) is 13.2 Å². The normalized spacial score (nSPS) is 12.6. The standard InChI is InChI=1S/C18H21NO4S/c1-4-23-18(20)16-9-7-15(8-10-16)14(3)19-24(21,22)17-11-5-13(2)6-12-17/h5-12,14,19H,4H2,1-3H3. The van der Waals surface area contributed by atoms with Gasteiger partial charge in [-0.1, -0.05) is 29.8 Å². The van der Waals surface area contributed by atoms with Gasteiger partial charge in [-0.05, 0) is 50.6 Å². The highest BCUT2D eigenvalue weighted by atomic mass is 32.2. The van der Waals surface area contributed by atoms with Gasteiger partial charge < -0.3 is 4.74 Å². The Morgan fingerprint density at radius 3 is 2.21 bits per heavy atom. The molecule has 0 radical (unpaired) electrons. The number of aryl methyl sites for hydroxylation is 1. The minimum Gasteiger partial charge on any atom is -0.462 e. The van der Waals surface area contributed by atoms with Gasteiger partial charge in [-0.15, -0.1) is 0 Å². The fraction of sp³-hybridized carbons (Fsp3) is 0.278. The third-order valence-electron chi connectivity index (χ3n) is 3.59. The van der Waals surface area contributed by atoms with Crippen LogP contribution in [0.25, 0.3) is 0 Å². The second kappa shape index (κ2) is 7.59. The molecule has 0 saturated heterocycles. The van der Waals surface area contributed by atoms with Crippen molar-refractivity contribution in [2.45, 2.75) is 31.7 Å². The number of benzene rings is 2. The third-order valence-corrected chi connectivity index (χ3v) is 5.14. The van der Waals surface area contributed by atoms with E-state index in [0.29, 0.717) is 12.2 Å². The predicted molar refractivity (Wildman–Crippen MR) is 92.3 cm³/mol. The number of ether oxygens (including phenoxy) is 1. The van der Waals surface area contributed by atoms with Crippen molar-refractivity contribution in [3.63, 3.8) is 0 Å². The van der Waals surface area contributed by atoms with Crippen LogP contribution in [0, 0.1) is 6.92 Å². The average Bonchev–Trinajstić information content (AvgIpc) is 2.55. The highest BCUT2D eigenvalue weighted by Crippen LogP contribution is 2.18. The van der Waals surface area contributed by atoms with Crippen molar-refractivity contribution in [3.8, 4) is 0 Å². The van der Waals surface area contributed by atoms with Gasteiger partial charge in [0.25, 0.3) is 0 Å². The van der Waals surface area contributed by atoms with Crippen molar-refractivity contribution in [2.24, 2.45) is 0 Å². The van der Waals surface area contributed by atoms with Gasteiger partial charge >= 0.3 is 5.97 Å². The summed E-state index contributed by atoms with van der Waals surface area (Å²) < 4.78 is 32.4. The maximum Gasteiger partial charge on any atom is 0.338 e. The Hall–Kier alpha value is -2.18. The molecule has 0 aromatic heterocycles. The zero-order chi connectivity index (χ0) is 17.7. The van der Waals surface area contributed by atoms with Gasteiger partial charge in [-0.25, -0.2) is 17.9 Å². The minimum atomic E-state index is -3.60. The van der Waals surface area contributed by atoms with Gasteiger partial charge in [-0.2, -0.15) is 0 Å². The van der Waals surface area contributed by atoms with Crippen LogP contribution in [0.4, 0.5) is 0 Å². The molecule has 24 heavy (non-hydrogen) atoms. The van der Waals surface area contributed by atoms with Crippen molar-refractivity contribution < 1.29 is 17.9 Å². The van der Waals surface area contributed by atoms with E-state index in [0.717, 1.165) is 11.1 Å². The molecule has 2 aromatic carbocycles. The van der Waals surface area contributed by atoms with Gasteiger partial charge in [-0.3, -0.25) is 0 Å². The van der Waals surface area contributed by atoms with Crippen LogP contribution >= 0.6 is 0 Å². The molecule has 1 atom stereocenters. The molecule has 0 aliphatic carbocycles. The second-order valence-electron chi connectivity index (χ2n) is 5.50. The first-order chi connectivity index (χ1) is 11.3. The minimum absolute atomic E-state index is 0.225. The van der Waals surface area contributed by atoms with Crippen molar-refractivity contribution in [1.29, 1.82) is 0 Å². The molecule has 0 bridgehead atoms. The smallest absolute Gasteiger partial charge is 0.338 e. The first-order valence-electron chi connectivity index (χ1n) is 7.69. The maximum atomic E-state index is 12.4. The first-order valence-corrected chi connectivity index (χ1v) is 9.18. The zero-order valence-corrected chi connectivity index (χ0v) is 14.8. The Balaban J connectivity index is 2.12. The summed E-state index contributed by atoms with van der Waals surface area (Å²) in [6.45, 7) is 5.71. The molecular weight excluding hydrogens is 326 g/mol. The molecular formula is C18H21NO4S. The summed E-state index contributed by atoms with van der Waals surface area (Å²) in [5.74, 6) is -0.392. The van der Waals surface area contributed by atoms with E-state index >= 15 is 0 Å². The number of hydrogen-bond acceptors (Lipinski definition) is 4. The monoisotopic (exact) mass is 347 g/mol. The molecule has 0 spiro atoms. The van der Waals surface area contributed by atoms with Gasteiger partial charge in [0.05, 0.1) is 17.1 Å². The first kappa shape index (κ1) is 18.2. The Morgan fingerprint density at radius 1 is 1.08 bits per heavy atom. The maximum absolute atomic E-state index is 12.4. The van der Waals surface area contributed by atoms with Gasteiger partial charge in [0.15, 0.2) is 0 Å². The molecule has 2 aromatic rings. The molecule has 1 N–H and O–H groups in total. The molecule has 5 nitrogen and oxygen atoms in total. The number of carbonyl (C=O) groups is 1. The van der Waals surface area contributed by atoms with Crippen LogP contribution in [-0.4, -0.2) is 21.0 Å². The molecule has 0 heterocycles. The number of esters is 1. The van der Waals surface area contributed by atoms with E-state index < -0.39 is 22.0 Å². The SMILES string of the molecule is CCOC(=O)c1ccc(C(C)NS(=O)(=O)c2ccc(C)cc2)cc1. The van der Waals surface area contributed by atoms with Crippen LogP contribution in [-0.2, 0) is 14.8 Å². The van der Waals surface area contributed by atoms with Crippen LogP contribution in [0.5, 0.6) is 0 Å². The molecule has 0 aliphatic rings. The largest absolute Gasteiger partial charge is 0.462 e. The molecule has 6 heteroatoms. The number of nitrogens with one attached hydrogen (secondary N) is 1. The van der Waals surface area contributed by atoms with Crippen molar-refractivity contribution in [3.05, 3.63) is 65.2 Å². The zero-order valence-electron chi connectivity index (χ0n) is 13.9. The van der Waals surface area contributed by atoms with Crippen LogP contribution in [0.3, 0.4) is 0 Å². The molecule has 0 aliphatic heterocycles. The lowest BCUT2D eigenvalue weighted by atomic mass is 10.1. The number of sulfonamides is 1. The summed E-state index contributed by atoms with van der Waals surface area (Å²) >= 11 is 0. The van der Waals surface area contributed by atoms with Crippen molar-refractivity contribution >= 4 is 16.0 Å². The van der Waals surface area contributed by atoms with E-state index in [2.05, 4.69) is 4.72 Å². The molecule has 128 valence electrons. The average molecular weight is 347 g/mol. The lowest BCUT2D eigenvalue weighted by molar-refractivity contribution is 0.0526. The molecule has 0 saturated carbocycles. The summed E-state index contributed by atoms with van der Waals surface area (Å²) in [6.07, 6.45) is 0. The number of carbonyl (C=O) groups excluding carboxylic acids is 1. The van der Waals surface area contributed by atoms with Gasteiger partial charge in [0.2, 0.25) is 10.0 Å². The van der Waals surface area contributed by atoms with E-state index in [1.165, 1.54) is 0 Å². The summed E-state index contributed by atoms with van der Waals surface area (Å²) in [5, 5.41) is 0. The lowest BCUT2D eigenvalue weighted by Crippen LogP contribution is -2.26. The Bertz CT molecular complexity index is 796. The fourth-order valence-corrected chi connectivity index (χ4v) is 3.44. The van der Waals surface area contributed by atoms with Crippen LogP contribution in [0.1, 0.15) is 41.4 Å². The quantitative estimate of drug-likeness (QED) is 0.815. The Labute approximate surface area is 142 Å². The van der Waals surface area contributed by atoms with E-state index in [1.807, 2.05) is 6.92 Å². The van der Waals surface area contributed by atoms with Crippen molar-refractivity contribution in [1.82, 2.24) is 4.72 Å². The highest BCUT2D eigenvalue weighted by Gasteiger charge is 2.18. The summed E-state index contributed by atoms with van der Waals surface area (Å²) in [4.78, 5) is 11.9. The summed E-state index contributed by atoms with van der Waals surface area (Å²) in [5.41, 5.74) is 2.20. The highest BCUT2D eigenvalue weighted by molar-refractivity contribution is 7.89. The molecule has 1 unspecified atom stereocenters. The van der Waals surface area contributed by atoms with E-state index in [4.69, 9.17) is 4.74 Å². The third kappa shape index (κ3) is 4.43. The van der Waals surface area contributed by atoms with Gasteiger partial charge in [0, 0.05) is 6.04 Å². The lowest BCUT2D eigenvalue weighted by Gasteiger charge is -2.15. The van der Waals surface area contributed by atoms with E-state index in [1.54, 1.807) is 62.4 Å². The number of hydrogen-bond donors (Lipinski definition) is 1. The molecule has 0 amide bonds. The van der Waals surface area contributed by atoms with Gasteiger partial charge in [0.1, 0.15) is 0 Å². The van der Waals surface area contributed by atoms with Crippen LogP contribution < -0.4 is 4.72 Å². The topological polar surface area (TPSA) is 72.5 Å². The van der Waals surface area contributed by atoms with Crippen LogP contribution in [0.2, 0.25) is 0 Å². The number of rotatable bonds is 6. The van der Waals surface area contributed by atoms with Crippen molar-refractivity contribution in [2.75, 3.05) is 6.61 Å². The fourth-order valence-electron chi connectivity index (χ4n) is 2.21. The van der Waals surface area contributed by atoms with Crippen LogP contribution in [0.15, 0.2) is 53.4 Å². The predicted octanol–water partition coefficient (Wildman–Crippen LogP) is 3.21. The summed E-state index contributed by atoms with van der Waals surface area (Å²) in [7, 11) is -3.60. The second-order valence-corrected chi connectivity index (χ2v) is 7.21. The van der Waals surface area contributed by atoms with E-state index in [-0.39, 0.29) is 4.90 Å². The Kier molecular flexibility index (Phi) is 5.75. The molecule has 2 rings (SSSR count). The summed E-state index contributed by atoms with van der Waals surface area (Å²) in [6, 6.07) is 12.9. The molecule has 0 fully saturated rings.